The van der Waals surface area contributed by atoms with Gasteiger partial charge in [0.25, 0.3) is 5.56 Å². The van der Waals surface area contributed by atoms with E-state index in [0.717, 1.165) is 22.2 Å². The van der Waals surface area contributed by atoms with Crippen LogP contribution in [-0.4, -0.2) is 19.9 Å². The van der Waals surface area contributed by atoms with Crippen molar-refractivity contribution in [3.8, 4) is 22.5 Å². The number of pyridine rings is 2. The van der Waals surface area contributed by atoms with Crippen LogP contribution >= 0.6 is 11.6 Å². The molecule has 112 valence electrons. The molecule has 4 rings (SSSR count). The average Bonchev–Trinajstić information content (AvgIpc) is 2.99. The summed E-state index contributed by atoms with van der Waals surface area (Å²) in [6.07, 6.45) is 5.10. The van der Waals surface area contributed by atoms with Crippen molar-refractivity contribution in [2.45, 2.75) is 0 Å². The molecule has 23 heavy (non-hydrogen) atoms. The molecule has 3 heterocycles. The van der Waals surface area contributed by atoms with Gasteiger partial charge >= 0.3 is 0 Å². The number of H-pyrrole nitrogens is 2. The van der Waals surface area contributed by atoms with Gasteiger partial charge in [-0.2, -0.15) is 0 Å². The van der Waals surface area contributed by atoms with Gasteiger partial charge in [0.05, 0.1) is 16.6 Å². The Labute approximate surface area is 136 Å². The third-order valence-electron chi connectivity index (χ3n) is 3.62. The van der Waals surface area contributed by atoms with Gasteiger partial charge in [0.1, 0.15) is 5.82 Å². The zero-order valence-corrected chi connectivity index (χ0v) is 12.6. The molecule has 0 amide bonds. The minimum atomic E-state index is -0.201. The monoisotopic (exact) mass is 322 g/mol. The van der Waals surface area contributed by atoms with Crippen LogP contribution in [0.2, 0.25) is 5.02 Å². The van der Waals surface area contributed by atoms with E-state index in [0.29, 0.717) is 16.4 Å². The van der Waals surface area contributed by atoms with Crippen LogP contribution in [0.25, 0.3) is 33.5 Å². The number of fused-ring (bicyclic) bond motifs is 1. The second-order valence-corrected chi connectivity index (χ2v) is 5.55. The molecular weight excluding hydrogens is 312 g/mol. The third kappa shape index (κ3) is 2.51. The Bertz CT molecular complexity index is 1050. The number of halogens is 1. The Hall–Kier alpha value is -2.92. The highest BCUT2D eigenvalue weighted by atomic mass is 35.5. The van der Waals surface area contributed by atoms with E-state index in [9.17, 15) is 4.79 Å². The molecule has 0 fully saturated rings. The first-order valence-corrected chi connectivity index (χ1v) is 7.37. The minimum absolute atomic E-state index is 0.201. The van der Waals surface area contributed by atoms with Crippen LogP contribution in [0.3, 0.4) is 0 Å². The molecule has 0 aliphatic rings. The van der Waals surface area contributed by atoms with E-state index in [4.69, 9.17) is 11.6 Å². The smallest absolute Gasteiger partial charge is 0.259 e. The van der Waals surface area contributed by atoms with E-state index in [1.165, 1.54) is 0 Å². The highest BCUT2D eigenvalue weighted by molar-refractivity contribution is 6.31. The normalized spacial score (nSPS) is 11.0. The van der Waals surface area contributed by atoms with Crippen LogP contribution < -0.4 is 5.56 Å². The van der Waals surface area contributed by atoms with Gasteiger partial charge in [-0.05, 0) is 47.5 Å². The number of benzene rings is 1. The van der Waals surface area contributed by atoms with Crippen molar-refractivity contribution in [2.75, 3.05) is 0 Å². The summed E-state index contributed by atoms with van der Waals surface area (Å²) in [5.41, 5.74) is 3.69. The predicted molar refractivity (Wildman–Crippen MR) is 90.4 cm³/mol. The number of imidazole rings is 1. The summed E-state index contributed by atoms with van der Waals surface area (Å²) >= 11 is 5.99. The van der Waals surface area contributed by atoms with Crippen LogP contribution in [-0.2, 0) is 0 Å². The van der Waals surface area contributed by atoms with Gasteiger partial charge in [0.15, 0.2) is 0 Å². The Morgan fingerprint density at radius 2 is 1.83 bits per heavy atom. The van der Waals surface area contributed by atoms with Gasteiger partial charge in [-0.1, -0.05) is 11.6 Å². The largest absolute Gasteiger partial charge is 0.338 e. The second kappa shape index (κ2) is 5.37. The molecule has 0 bridgehead atoms. The molecule has 3 aromatic heterocycles. The Morgan fingerprint density at radius 1 is 1.00 bits per heavy atom. The number of nitrogens with one attached hydrogen (secondary N) is 2. The summed E-state index contributed by atoms with van der Waals surface area (Å²) in [7, 11) is 0. The van der Waals surface area contributed by atoms with Crippen molar-refractivity contribution >= 4 is 22.6 Å². The molecule has 0 saturated heterocycles. The fourth-order valence-electron chi connectivity index (χ4n) is 2.48. The van der Waals surface area contributed by atoms with Gasteiger partial charge in [-0.15, -0.1) is 0 Å². The van der Waals surface area contributed by atoms with Crippen LogP contribution in [0.4, 0.5) is 0 Å². The fourth-order valence-corrected chi connectivity index (χ4v) is 2.65. The Kier molecular flexibility index (Phi) is 3.20. The molecule has 0 radical (unpaired) electrons. The summed E-state index contributed by atoms with van der Waals surface area (Å²) in [4.78, 5) is 26.6. The molecule has 4 aromatic rings. The van der Waals surface area contributed by atoms with Crippen LogP contribution in [0.5, 0.6) is 0 Å². The van der Waals surface area contributed by atoms with Gasteiger partial charge in [0.2, 0.25) is 0 Å². The quantitative estimate of drug-likeness (QED) is 0.591. The molecule has 0 aliphatic heterocycles. The number of rotatable bonds is 2. The fraction of sp³-hybridized carbons (Fsp3) is 0. The summed E-state index contributed by atoms with van der Waals surface area (Å²) in [5.74, 6) is 0.513. The number of nitrogens with zero attached hydrogens (tertiary/aromatic N) is 2. The SMILES string of the molecule is O=c1[nH]cc(-c2ccncc2)cc1-c1nc2ccc(Cl)cc2[nH]1. The van der Waals surface area contributed by atoms with E-state index in [2.05, 4.69) is 19.9 Å². The number of aromatic nitrogens is 4. The lowest BCUT2D eigenvalue weighted by Gasteiger charge is -2.02. The van der Waals surface area contributed by atoms with E-state index in [1.807, 2.05) is 24.3 Å². The van der Waals surface area contributed by atoms with Crippen LogP contribution in [0, 0.1) is 0 Å². The first-order valence-electron chi connectivity index (χ1n) is 6.99. The standard InChI is InChI=1S/C17H11ClN4O/c18-12-1-2-14-15(8-12)22-16(21-14)13-7-11(9-20-17(13)23)10-3-5-19-6-4-10/h1-9H,(H,20,23)(H,21,22). The van der Waals surface area contributed by atoms with Gasteiger partial charge in [-0.25, -0.2) is 4.98 Å². The van der Waals surface area contributed by atoms with Crippen molar-refractivity contribution < 1.29 is 0 Å². The molecule has 0 saturated carbocycles. The van der Waals surface area contributed by atoms with Crippen molar-refractivity contribution in [3.63, 3.8) is 0 Å². The summed E-state index contributed by atoms with van der Waals surface area (Å²) in [6, 6.07) is 11.0. The van der Waals surface area contributed by atoms with Crippen molar-refractivity contribution in [1.82, 2.24) is 19.9 Å². The molecule has 2 N–H and O–H groups in total. The Balaban J connectivity index is 1.88. The Morgan fingerprint density at radius 3 is 2.65 bits per heavy atom. The highest BCUT2D eigenvalue weighted by Crippen LogP contribution is 2.24. The molecule has 0 spiro atoms. The lowest BCUT2D eigenvalue weighted by molar-refractivity contribution is 1.21. The number of hydrogen-bond acceptors (Lipinski definition) is 3. The molecular formula is C17H11ClN4O. The molecule has 0 aliphatic carbocycles. The maximum Gasteiger partial charge on any atom is 0.259 e. The lowest BCUT2D eigenvalue weighted by atomic mass is 10.1. The molecule has 5 nitrogen and oxygen atoms in total. The van der Waals surface area contributed by atoms with Gasteiger partial charge < -0.3 is 9.97 Å². The topological polar surface area (TPSA) is 74.4 Å². The average molecular weight is 323 g/mol. The summed E-state index contributed by atoms with van der Waals surface area (Å²) < 4.78 is 0. The second-order valence-electron chi connectivity index (χ2n) is 5.11. The van der Waals surface area contributed by atoms with E-state index in [1.54, 1.807) is 30.7 Å². The van der Waals surface area contributed by atoms with Crippen molar-refractivity contribution in [2.24, 2.45) is 0 Å². The van der Waals surface area contributed by atoms with E-state index >= 15 is 0 Å². The number of hydrogen-bond donors (Lipinski definition) is 2. The molecule has 0 atom stereocenters. The third-order valence-corrected chi connectivity index (χ3v) is 3.85. The number of aromatic amines is 2. The predicted octanol–water partition coefficient (Wildman–Crippen LogP) is 3.63. The minimum Gasteiger partial charge on any atom is -0.338 e. The maximum absolute atomic E-state index is 12.2. The zero-order valence-electron chi connectivity index (χ0n) is 11.9. The molecule has 1 aromatic carbocycles. The van der Waals surface area contributed by atoms with Crippen LogP contribution in [0.1, 0.15) is 0 Å². The lowest BCUT2D eigenvalue weighted by Crippen LogP contribution is -2.09. The van der Waals surface area contributed by atoms with Crippen LogP contribution in [0.15, 0.2) is 59.8 Å². The molecule has 6 heteroatoms. The van der Waals surface area contributed by atoms with Crippen molar-refractivity contribution in [3.05, 3.63) is 70.4 Å². The first-order chi connectivity index (χ1) is 11.2. The first kappa shape index (κ1) is 13.7. The zero-order chi connectivity index (χ0) is 15.8. The molecule has 0 unspecified atom stereocenters. The summed E-state index contributed by atoms with van der Waals surface area (Å²) in [5, 5.41) is 0.618. The van der Waals surface area contributed by atoms with Gasteiger partial charge in [0, 0.05) is 23.6 Å². The van der Waals surface area contributed by atoms with E-state index in [-0.39, 0.29) is 5.56 Å². The van der Waals surface area contributed by atoms with Gasteiger partial charge in [-0.3, -0.25) is 9.78 Å². The van der Waals surface area contributed by atoms with Crippen molar-refractivity contribution in [1.29, 1.82) is 0 Å². The van der Waals surface area contributed by atoms with E-state index < -0.39 is 0 Å². The summed E-state index contributed by atoms with van der Waals surface area (Å²) in [6.45, 7) is 0. The maximum atomic E-state index is 12.2. The highest BCUT2D eigenvalue weighted by Gasteiger charge is 2.11.